The van der Waals surface area contributed by atoms with E-state index in [4.69, 9.17) is 10.5 Å². The molecular weight excluding hydrogens is 342 g/mol. The third-order valence-corrected chi connectivity index (χ3v) is 2.72. The van der Waals surface area contributed by atoms with Crippen molar-refractivity contribution in [2.24, 2.45) is 0 Å². The summed E-state index contributed by atoms with van der Waals surface area (Å²) in [7, 11) is 0. The Morgan fingerprint density at radius 2 is 1.50 bits per heavy atom. The first-order valence-electron chi connectivity index (χ1n) is 6.50. The van der Waals surface area contributed by atoms with Crippen LogP contribution in [0.4, 0.5) is 5.82 Å². The molecule has 0 aliphatic rings. The van der Waals surface area contributed by atoms with Gasteiger partial charge in [-0.25, -0.2) is 9.97 Å². The van der Waals surface area contributed by atoms with Crippen molar-refractivity contribution in [1.29, 1.82) is 10.5 Å². The Labute approximate surface area is 138 Å². The van der Waals surface area contributed by atoms with Crippen LogP contribution < -0.4 is 5.32 Å². The molecule has 0 unspecified atom stereocenters. The van der Waals surface area contributed by atoms with E-state index in [0.717, 1.165) is 10.4 Å². The van der Waals surface area contributed by atoms with Gasteiger partial charge in [0, 0.05) is 17.9 Å². The third-order valence-electron chi connectivity index (χ3n) is 2.25. The SMILES string of the molecule is CC(C)(C)Nc1ccc(C#N)cn1.N#Cc1ccc(Br)nc1. The fraction of sp³-hybridized carbons (Fsp3) is 0.250. The van der Waals surface area contributed by atoms with Crippen LogP contribution >= 0.6 is 15.9 Å². The van der Waals surface area contributed by atoms with Crippen LogP contribution in [0.3, 0.4) is 0 Å². The number of anilines is 1. The number of halogens is 1. The molecule has 0 bridgehead atoms. The Bertz CT molecular complexity index is 673. The average molecular weight is 358 g/mol. The number of hydrogen-bond donors (Lipinski definition) is 1. The van der Waals surface area contributed by atoms with Crippen molar-refractivity contribution in [2.75, 3.05) is 5.32 Å². The van der Waals surface area contributed by atoms with Gasteiger partial charge in [-0.05, 0) is 61.0 Å². The first-order valence-corrected chi connectivity index (χ1v) is 7.29. The summed E-state index contributed by atoms with van der Waals surface area (Å²) in [5.41, 5.74) is 1.17. The van der Waals surface area contributed by atoms with Gasteiger partial charge in [0.1, 0.15) is 22.6 Å². The highest BCUT2D eigenvalue weighted by Crippen LogP contribution is 2.11. The third kappa shape index (κ3) is 6.83. The molecule has 0 atom stereocenters. The van der Waals surface area contributed by atoms with Crippen molar-refractivity contribution in [3.63, 3.8) is 0 Å². The van der Waals surface area contributed by atoms with E-state index < -0.39 is 0 Å². The van der Waals surface area contributed by atoms with Crippen molar-refractivity contribution < 1.29 is 0 Å². The monoisotopic (exact) mass is 357 g/mol. The maximum absolute atomic E-state index is 8.55. The number of nitrogens with one attached hydrogen (secondary N) is 1. The number of aromatic nitrogens is 2. The molecule has 2 rings (SSSR count). The van der Waals surface area contributed by atoms with E-state index >= 15 is 0 Å². The second-order valence-corrected chi connectivity index (χ2v) is 6.21. The highest BCUT2D eigenvalue weighted by Gasteiger charge is 2.09. The summed E-state index contributed by atoms with van der Waals surface area (Å²) < 4.78 is 0.751. The molecule has 2 aromatic rings. The molecular formula is C16H16BrN5. The minimum absolute atomic E-state index is 0.00115. The molecule has 2 heterocycles. The van der Waals surface area contributed by atoms with Crippen molar-refractivity contribution in [3.8, 4) is 12.1 Å². The predicted octanol–water partition coefficient (Wildman–Crippen LogP) is 3.88. The quantitative estimate of drug-likeness (QED) is 0.782. The second kappa shape index (κ2) is 8.11. The van der Waals surface area contributed by atoms with Crippen LogP contribution in [0.5, 0.6) is 0 Å². The van der Waals surface area contributed by atoms with E-state index in [0.29, 0.717) is 11.1 Å². The van der Waals surface area contributed by atoms with Gasteiger partial charge < -0.3 is 5.32 Å². The summed E-state index contributed by atoms with van der Waals surface area (Å²) in [5, 5.41) is 20.1. The standard InChI is InChI=1S/C10H13N3.C6H3BrN2/c1-10(2,3)13-9-5-4-8(6-11)7-12-9;7-6-2-1-5(3-8)4-9-6/h4-5,7H,1-3H3,(H,12,13);1-2,4H. The molecule has 22 heavy (non-hydrogen) atoms. The van der Waals surface area contributed by atoms with Gasteiger partial charge in [0.15, 0.2) is 0 Å². The van der Waals surface area contributed by atoms with E-state index in [1.165, 1.54) is 6.20 Å². The van der Waals surface area contributed by atoms with Crippen LogP contribution in [0.1, 0.15) is 31.9 Å². The van der Waals surface area contributed by atoms with Gasteiger partial charge in [-0.1, -0.05) is 0 Å². The van der Waals surface area contributed by atoms with Gasteiger partial charge in [-0.3, -0.25) is 0 Å². The first-order chi connectivity index (χ1) is 10.3. The highest BCUT2D eigenvalue weighted by molar-refractivity contribution is 9.10. The van der Waals surface area contributed by atoms with E-state index in [2.05, 4.69) is 52.0 Å². The largest absolute Gasteiger partial charge is 0.365 e. The van der Waals surface area contributed by atoms with Crippen LogP contribution in [0.2, 0.25) is 0 Å². The summed E-state index contributed by atoms with van der Waals surface area (Å²) in [6.07, 6.45) is 3.08. The molecule has 0 aliphatic heterocycles. The summed E-state index contributed by atoms with van der Waals surface area (Å²) in [4.78, 5) is 7.95. The number of rotatable bonds is 1. The number of nitriles is 2. The summed E-state index contributed by atoms with van der Waals surface area (Å²) in [6, 6.07) is 11.0. The van der Waals surface area contributed by atoms with Crippen LogP contribution in [-0.2, 0) is 0 Å². The van der Waals surface area contributed by atoms with E-state index in [1.54, 1.807) is 24.4 Å². The van der Waals surface area contributed by atoms with E-state index in [-0.39, 0.29) is 5.54 Å². The summed E-state index contributed by atoms with van der Waals surface area (Å²) in [5.74, 6) is 0.798. The minimum Gasteiger partial charge on any atom is -0.365 e. The zero-order valence-electron chi connectivity index (χ0n) is 12.6. The molecule has 0 radical (unpaired) electrons. The van der Waals surface area contributed by atoms with Crippen molar-refractivity contribution in [1.82, 2.24) is 9.97 Å². The Kier molecular flexibility index (Phi) is 6.49. The molecule has 0 saturated heterocycles. The highest BCUT2D eigenvalue weighted by atomic mass is 79.9. The van der Waals surface area contributed by atoms with Gasteiger partial charge >= 0.3 is 0 Å². The maximum atomic E-state index is 8.55. The number of pyridine rings is 2. The molecule has 0 aliphatic carbocycles. The van der Waals surface area contributed by atoms with Crippen molar-refractivity contribution in [3.05, 3.63) is 52.4 Å². The fourth-order valence-electron chi connectivity index (χ4n) is 1.36. The molecule has 0 spiro atoms. The van der Waals surface area contributed by atoms with Gasteiger partial charge in [-0.15, -0.1) is 0 Å². The van der Waals surface area contributed by atoms with Crippen molar-refractivity contribution in [2.45, 2.75) is 26.3 Å². The van der Waals surface area contributed by atoms with E-state index in [1.807, 2.05) is 18.2 Å². The van der Waals surface area contributed by atoms with Crippen LogP contribution in [0.25, 0.3) is 0 Å². The zero-order valence-corrected chi connectivity index (χ0v) is 14.2. The van der Waals surface area contributed by atoms with Gasteiger partial charge in [-0.2, -0.15) is 10.5 Å². The second-order valence-electron chi connectivity index (χ2n) is 5.40. The molecule has 2 aromatic heterocycles. The van der Waals surface area contributed by atoms with Gasteiger partial charge in [0.25, 0.3) is 0 Å². The van der Waals surface area contributed by atoms with Gasteiger partial charge in [0.05, 0.1) is 11.1 Å². The van der Waals surface area contributed by atoms with Crippen molar-refractivity contribution >= 4 is 21.7 Å². The number of nitrogens with zero attached hydrogens (tertiary/aromatic N) is 4. The zero-order chi connectivity index (χ0) is 16.6. The molecule has 1 N–H and O–H groups in total. The van der Waals surface area contributed by atoms with Crippen LogP contribution in [-0.4, -0.2) is 15.5 Å². The molecule has 0 fully saturated rings. The normalized spacial score (nSPS) is 9.73. The molecule has 112 valence electrons. The lowest BCUT2D eigenvalue weighted by atomic mass is 10.1. The lowest BCUT2D eigenvalue weighted by Gasteiger charge is -2.20. The smallest absolute Gasteiger partial charge is 0.126 e. The van der Waals surface area contributed by atoms with Gasteiger partial charge in [0.2, 0.25) is 0 Å². The fourth-order valence-corrected chi connectivity index (χ4v) is 1.59. The maximum Gasteiger partial charge on any atom is 0.126 e. The minimum atomic E-state index is 0.00115. The summed E-state index contributed by atoms with van der Waals surface area (Å²) >= 11 is 3.15. The van der Waals surface area contributed by atoms with Crippen LogP contribution in [0.15, 0.2) is 41.3 Å². The lowest BCUT2D eigenvalue weighted by molar-refractivity contribution is 0.630. The summed E-state index contributed by atoms with van der Waals surface area (Å²) in [6.45, 7) is 6.19. The predicted molar refractivity (Wildman–Crippen MR) is 89.0 cm³/mol. The van der Waals surface area contributed by atoms with Crippen LogP contribution in [0, 0.1) is 22.7 Å². The first kappa shape index (κ1) is 17.6. The Morgan fingerprint density at radius 1 is 0.955 bits per heavy atom. The molecule has 6 heteroatoms. The number of hydrogen-bond acceptors (Lipinski definition) is 5. The molecule has 5 nitrogen and oxygen atoms in total. The lowest BCUT2D eigenvalue weighted by Crippen LogP contribution is -2.26. The average Bonchev–Trinajstić information content (AvgIpc) is 2.48. The Morgan fingerprint density at radius 3 is 1.86 bits per heavy atom. The Balaban J connectivity index is 0.000000235. The van der Waals surface area contributed by atoms with E-state index in [9.17, 15) is 0 Å². The topological polar surface area (TPSA) is 85.4 Å². The molecule has 0 aromatic carbocycles. The Hall–Kier alpha value is -2.44. The molecule has 0 amide bonds. The molecule has 0 saturated carbocycles.